The third-order valence-corrected chi connectivity index (χ3v) is 5.95. The van der Waals surface area contributed by atoms with E-state index in [1.807, 2.05) is 65.4 Å². The second-order valence-electron chi connectivity index (χ2n) is 6.50. The van der Waals surface area contributed by atoms with E-state index in [0.29, 0.717) is 11.7 Å². The SMILES string of the molecule is Cl.O=C(/C=C/c1ccccc1)N(CCCn1ccnc1)c1nc2ccc(Br)cc2s1. The van der Waals surface area contributed by atoms with Gasteiger partial charge >= 0.3 is 0 Å². The summed E-state index contributed by atoms with van der Waals surface area (Å²) in [4.78, 5) is 23.6. The molecule has 0 aliphatic carbocycles. The van der Waals surface area contributed by atoms with E-state index in [2.05, 4.69) is 20.9 Å². The Labute approximate surface area is 193 Å². The van der Waals surface area contributed by atoms with Crippen molar-refractivity contribution in [1.82, 2.24) is 14.5 Å². The van der Waals surface area contributed by atoms with Gasteiger partial charge in [0.2, 0.25) is 0 Å². The molecule has 0 fully saturated rings. The third-order valence-electron chi connectivity index (χ3n) is 4.41. The molecule has 30 heavy (non-hydrogen) atoms. The number of nitrogens with zero attached hydrogens (tertiary/aromatic N) is 4. The summed E-state index contributed by atoms with van der Waals surface area (Å²) in [6.45, 7) is 1.37. The van der Waals surface area contributed by atoms with Gasteiger partial charge in [-0.2, -0.15) is 0 Å². The van der Waals surface area contributed by atoms with Crippen LogP contribution in [-0.2, 0) is 11.3 Å². The number of aromatic nitrogens is 3. The number of thiazole rings is 1. The summed E-state index contributed by atoms with van der Waals surface area (Å²) in [5.74, 6) is -0.0717. The molecule has 2 aromatic carbocycles. The molecule has 0 aliphatic rings. The highest BCUT2D eigenvalue weighted by Crippen LogP contribution is 2.31. The van der Waals surface area contributed by atoms with Crippen molar-refractivity contribution >= 4 is 67.0 Å². The lowest BCUT2D eigenvalue weighted by Crippen LogP contribution is -2.30. The number of aryl methyl sites for hydroxylation is 1. The van der Waals surface area contributed by atoms with E-state index in [9.17, 15) is 4.79 Å². The summed E-state index contributed by atoms with van der Waals surface area (Å²) in [7, 11) is 0. The van der Waals surface area contributed by atoms with Gasteiger partial charge in [0, 0.05) is 36.0 Å². The van der Waals surface area contributed by atoms with Crippen LogP contribution in [0.4, 0.5) is 5.13 Å². The molecule has 0 unspecified atom stereocenters. The molecule has 0 atom stereocenters. The van der Waals surface area contributed by atoms with Gasteiger partial charge in [-0.3, -0.25) is 9.69 Å². The summed E-state index contributed by atoms with van der Waals surface area (Å²) >= 11 is 5.03. The highest BCUT2D eigenvalue weighted by Gasteiger charge is 2.18. The number of benzene rings is 2. The Balaban J connectivity index is 0.00000256. The lowest BCUT2D eigenvalue weighted by Gasteiger charge is -2.18. The molecular formula is C22H20BrClN4OS. The zero-order chi connectivity index (χ0) is 20.1. The second kappa shape index (κ2) is 10.5. The van der Waals surface area contributed by atoms with Crippen LogP contribution in [0.2, 0.25) is 0 Å². The third kappa shape index (κ3) is 5.56. The highest BCUT2D eigenvalue weighted by molar-refractivity contribution is 9.10. The number of hydrogen-bond donors (Lipinski definition) is 0. The minimum Gasteiger partial charge on any atom is -0.337 e. The number of rotatable bonds is 7. The highest BCUT2D eigenvalue weighted by atomic mass is 79.9. The van der Waals surface area contributed by atoms with Crippen molar-refractivity contribution in [2.45, 2.75) is 13.0 Å². The zero-order valence-electron chi connectivity index (χ0n) is 16.0. The van der Waals surface area contributed by atoms with E-state index in [0.717, 1.165) is 33.2 Å². The van der Waals surface area contributed by atoms with E-state index < -0.39 is 0 Å². The first-order chi connectivity index (χ1) is 14.2. The van der Waals surface area contributed by atoms with Gasteiger partial charge in [0.1, 0.15) is 0 Å². The van der Waals surface area contributed by atoms with Crippen LogP contribution in [0.5, 0.6) is 0 Å². The molecular weight excluding hydrogens is 484 g/mol. The molecule has 1 amide bonds. The summed E-state index contributed by atoms with van der Waals surface area (Å²) in [6.07, 6.45) is 9.74. The summed E-state index contributed by atoms with van der Waals surface area (Å²) in [5, 5.41) is 0.714. The number of amides is 1. The number of imidazole rings is 1. The monoisotopic (exact) mass is 502 g/mol. The van der Waals surface area contributed by atoms with Crippen LogP contribution in [0.15, 0.2) is 77.8 Å². The maximum absolute atomic E-state index is 13.0. The van der Waals surface area contributed by atoms with Crippen molar-refractivity contribution in [1.29, 1.82) is 0 Å². The Hall–Kier alpha value is -2.48. The van der Waals surface area contributed by atoms with Crippen LogP contribution >= 0.6 is 39.7 Å². The molecule has 4 rings (SSSR count). The van der Waals surface area contributed by atoms with Gasteiger partial charge in [0.25, 0.3) is 5.91 Å². The second-order valence-corrected chi connectivity index (χ2v) is 8.42. The number of carbonyl (C=O) groups is 1. The number of halogens is 2. The Morgan fingerprint density at radius 2 is 2.03 bits per heavy atom. The first-order valence-electron chi connectivity index (χ1n) is 9.25. The van der Waals surface area contributed by atoms with E-state index in [4.69, 9.17) is 4.98 Å². The van der Waals surface area contributed by atoms with Crippen LogP contribution in [0.3, 0.4) is 0 Å². The predicted molar refractivity (Wildman–Crippen MR) is 129 cm³/mol. The quantitative estimate of drug-likeness (QED) is 0.299. The minimum atomic E-state index is -0.0717. The molecule has 0 saturated heterocycles. The van der Waals surface area contributed by atoms with Crippen molar-refractivity contribution < 1.29 is 4.79 Å². The average molecular weight is 504 g/mol. The molecule has 2 heterocycles. The first-order valence-corrected chi connectivity index (χ1v) is 10.9. The van der Waals surface area contributed by atoms with E-state index in [-0.39, 0.29) is 18.3 Å². The van der Waals surface area contributed by atoms with Crippen molar-refractivity contribution in [2.75, 3.05) is 11.4 Å². The maximum Gasteiger partial charge on any atom is 0.252 e. The molecule has 0 N–H and O–H groups in total. The molecule has 0 radical (unpaired) electrons. The standard InChI is InChI=1S/C22H19BrN4OS.ClH/c23-18-8-9-19-20(15-18)29-22(25-19)27(13-4-12-26-14-11-24-16-26)21(28)10-7-17-5-2-1-3-6-17;/h1-3,5-11,14-16H,4,12-13H2;1H/b10-7+;. The molecule has 0 saturated carbocycles. The predicted octanol–water partition coefficient (Wildman–Crippen LogP) is 5.81. The molecule has 0 spiro atoms. The van der Waals surface area contributed by atoms with Crippen LogP contribution < -0.4 is 4.90 Å². The summed E-state index contributed by atoms with van der Waals surface area (Å²) in [5.41, 5.74) is 1.89. The number of hydrogen-bond acceptors (Lipinski definition) is 4. The molecule has 8 heteroatoms. The van der Waals surface area contributed by atoms with Crippen LogP contribution in [0, 0.1) is 0 Å². The normalized spacial score (nSPS) is 11.0. The van der Waals surface area contributed by atoms with Gasteiger partial charge in [0.05, 0.1) is 16.5 Å². The average Bonchev–Trinajstić information content (AvgIpc) is 3.39. The van der Waals surface area contributed by atoms with Gasteiger partial charge in [-0.05, 0) is 36.3 Å². The smallest absolute Gasteiger partial charge is 0.252 e. The van der Waals surface area contributed by atoms with Gasteiger partial charge in [-0.15, -0.1) is 12.4 Å². The zero-order valence-corrected chi connectivity index (χ0v) is 19.2. The fraction of sp³-hybridized carbons (Fsp3) is 0.136. The lowest BCUT2D eigenvalue weighted by atomic mass is 10.2. The fourth-order valence-electron chi connectivity index (χ4n) is 2.95. The Kier molecular flexibility index (Phi) is 7.79. The Morgan fingerprint density at radius 1 is 1.20 bits per heavy atom. The maximum atomic E-state index is 13.0. The Morgan fingerprint density at radius 3 is 2.80 bits per heavy atom. The van der Waals surface area contributed by atoms with Gasteiger partial charge < -0.3 is 4.57 Å². The minimum absolute atomic E-state index is 0. The van der Waals surface area contributed by atoms with Crippen LogP contribution in [0.1, 0.15) is 12.0 Å². The number of fused-ring (bicyclic) bond motifs is 1. The Bertz CT molecular complexity index is 1130. The van der Waals surface area contributed by atoms with Crippen LogP contribution in [-0.4, -0.2) is 27.0 Å². The van der Waals surface area contributed by atoms with Crippen LogP contribution in [0.25, 0.3) is 16.3 Å². The number of anilines is 1. The van der Waals surface area contributed by atoms with Crippen molar-refractivity contribution in [3.8, 4) is 0 Å². The molecule has 0 aliphatic heterocycles. The molecule has 0 bridgehead atoms. The molecule has 154 valence electrons. The van der Waals surface area contributed by atoms with Gasteiger partial charge in [-0.25, -0.2) is 9.97 Å². The first kappa shape index (κ1) is 22.2. The van der Waals surface area contributed by atoms with E-state index in [1.165, 1.54) is 11.3 Å². The topological polar surface area (TPSA) is 51.0 Å². The van der Waals surface area contributed by atoms with Crippen molar-refractivity contribution in [3.05, 3.63) is 83.4 Å². The fourth-order valence-corrected chi connectivity index (χ4v) is 4.50. The largest absolute Gasteiger partial charge is 0.337 e. The summed E-state index contributed by atoms with van der Waals surface area (Å²) < 4.78 is 4.06. The molecule has 5 nitrogen and oxygen atoms in total. The lowest BCUT2D eigenvalue weighted by molar-refractivity contribution is -0.114. The summed E-state index contributed by atoms with van der Waals surface area (Å²) in [6, 6.07) is 15.8. The van der Waals surface area contributed by atoms with Gasteiger partial charge in [-0.1, -0.05) is 57.6 Å². The molecule has 4 aromatic rings. The van der Waals surface area contributed by atoms with Crippen molar-refractivity contribution in [2.24, 2.45) is 0 Å². The number of carbonyl (C=O) groups excluding carboxylic acids is 1. The van der Waals surface area contributed by atoms with E-state index in [1.54, 1.807) is 23.5 Å². The van der Waals surface area contributed by atoms with Crippen molar-refractivity contribution in [3.63, 3.8) is 0 Å². The molecule has 2 aromatic heterocycles. The van der Waals surface area contributed by atoms with Gasteiger partial charge in [0.15, 0.2) is 5.13 Å². The van der Waals surface area contributed by atoms with E-state index >= 15 is 0 Å².